The van der Waals surface area contributed by atoms with E-state index in [1.165, 1.54) is 0 Å². The number of rotatable bonds is 3. The molecule has 1 amide bonds. The van der Waals surface area contributed by atoms with Crippen molar-refractivity contribution in [3.8, 4) is 0 Å². The fourth-order valence-electron chi connectivity index (χ4n) is 1.39. The molecule has 0 atom stereocenters. The van der Waals surface area contributed by atoms with Crippen LogP contribution in [0.3, 0.4) is 0 Å². The fourth-order valence-corrected chi connectivity index (χ4v) is 2.66. The Balaban J connectivity index is 1.98. The lowest BCUT2D eigenvalue weighted by Gasteiger charge is -2.03. The highest BCUT2D eigenvalue weighted by Crippen LogP contribution is 2.12. The Bertz CT molecular complexity index is 539. The number of aryl methyl sites for hydroxylation is 1. The molecule has 0 radical (unpaired) electrons. The summed E-state index contributed by atoms with van der Waals surface area (Å²) >= 11 is 3.79. The second-order valence-electron chi connectivity index (χ2n) is 3.54. The van der Waals surface area contributed by atoms with E-state index in [0.29, 0.717) is 12.1 Å². The Labute approximate surface area is 117 Å². The molecular formula is C12H11IN2OS. The van der Waals surface area contributed by atoms with Gasteiger partial charge in [0.25, 0.3) is 5.91 Å². The monoisotopic (exact) mass is 358 g/mol. The van der Waals surface area contributed by atoms with Crippen molar-refractivity contribution < 1.29 is 4.79 Å². The largest absolute Gasteiger partial charge is 0.347 e. The van der Waals surface area contributed by atoms with Crippen molar-refractivity contribution in [1.29, 1.82) is 0 Å². The zero-order valence-corrected chi connectivity index (χ0v) is 12.2. The van der Waals surface area contributed by atoms with Crippen LogP contribution in [0.25, 0.3) is 0 Å². The Morgan fingerprint density at radius 3 is 3.00 bits per heavy atom. The summed E-state index contributed by atoms with van der Waals surface area (Å²) in [7, 11) is 0. The van der Waals surface area contributed by atoms with Gasteiger partial charge in [0.2, 0.25) is 0 Å². The number of aromatic nitrogens is 1. The van der Waals surface area contributed by atoms with Crippen molar-refractivity contribution in [2.24, 2.45) is 0 Å². The molecule has 88 valence electrons. The van der Waals surface area contributed by atoms with Crippen molar-refractivity contribution >= 4 is 39.8 Å². The van der Waals surface area contributed by atoms with E-state index in [1.807, 2.05) is 31.2 Å². The van der Waals surface area contributed by atoms with E-state index in [2.05, 4.69) is 32.9 Å². The summed E-state index contributed by atoms with van der Waals surface area (Å²) in [6.45, 7) is 2.49. The minimum Gasteiger partial charge on any atom is -0.347 e. The molecule has 0 fully saturated rings. The van der Waals surface area contributed by atoms with Crippen LogP contribution in [0.5, 0.6) is 0 Å². The van der Waals surface area contributed by atoms with Crippen LogP contribution in [-0.2, 0) is 6.54 Å². The van der Waals surface area contributed by atoms with E-state index in [9.17, 15) is 4.79 Å². The van der Waals surface area contributed by atoms with Gasteiger partial charge in [0.05, 0.1) is 11.6 Å². The molecule has 2 rings (SSSR count). The zero-order chi connectivity index (χ0) is 12.3. The number of carbonyl (C=O) groups excluding carboxylic acids is 1. The molecule has 0 saturated heterocycles. The van der Waals surface area contributed by atoms with Crippen LogP contribution in [0, 0.1) is 10.5 Å². The minimum absolute atomic E-state index is 0.0467. The molecule has 1 aromatic carbocycles. The molecule has 0 saturated carbocycles. The molecule has 0 unspecified atom stereocenters. The third kappa shape index (κ3) is 3.50. The molecule has 0 aliphatic carbocycles. The van der Waals surface area contributed by atoms with Crippen molar-refractivity contribution in [3.05, 3.63) is 49.5 Å². The van der Waals surface area contributed by atoms with E-state index < -0.39 is 0 Å². The van der Waals surface area contributed by atoms with Gasteiger partial charge in [0.15, 0.2) is 0 Å². The topological polar surface area (TPSA) is 42.0 Å². The Morgan fingerprint density at radius 1 is 1.53 bits per heavy atom. The van der Waals surface area contributed by atoms with Crippen LogP contribution in [0.4, 0.5) is 0 Å². The first-order chi connectivity index (χ1) is 8.15. The van der Waals surface area contributed by atoms with Crippen molar-refractivity contribution in [2.75, 3.05) is 0 Å². The first kappa shape index (κ1) is 12.5. The van der Waals surface area contributed by atoms with Crippen LogP contribution >= 0.6 is 33.9 Å². The lowest BCUT2D eigenvalue weighted by atomic mass is 10.2. The highest BCUT2D eigenvalue weighted by Gasteiger charge is 2.06. The van der Waals surface area contributed by atoms with Gasteiger partial charge < -0.3 is 5.32 Å². The second kappa shape index (κ2) is 5.59. The van der Waals surface area contributed by atoms with Gasteiger partial charge >= 0.3 is 0 Å². The molecule has 0 bridgehead atoms. The molecular weight excluding hydrogens is 347 g/mol. The number of halogens is 1. The Hall–Kier alpha value is -0.950. The summed E-state index contributed by atoms with van der Waals surface area (Å²) in [5, 5.41) is 3.90. The predicted molar refractivity (Wildman–Crippen MR) is 77.2 cm³/mol. The summed E-state index contributed by atoms with van der Waals surface area (Å²) in [4.78, 5) is 17.1. The molecule has 2 aromatic rings. The van der Waals surface area contributed by atoms with E-state index in [4.69, 9.17) is 0 Å². The summed E-state index contributed by atoms with van der Waals surface area (Å²) in [6.07, 6.45) is 1.80. The lowest BCUT2D eigenvalue weighted by Crippen LogP contribution is -2.22. The van der Waals surface area contributed by atoms with Gasteiger partial charge in [-0.2, -0.15) is 0 Å². The van der Waals surface area contributed by atoms with Gasteiger partial charge in [-0.15, -0.1) is 11.3 Å². The average Bonchev–Trinajstić information content (AvgIpc) is 2.72. The number of nitrogens with one attached hydrogen (secondary N) is 1. The van der Waals surface area contributed by atoms with Gasteiger partial charge in [0, 0.05) is 20.2 Å². The molecule has 1 N–H and O–H groups in total. The fraction of sp³-hybridized carbons (Fsp3) is 0.167. The SMILES string of the molecule is Cc1ncc(CNC(=O)c2cccc(I)c2)s1. The average molecular weight is 358 g/mol. The summed E-state index contributed by atoms with van der Waals surface area (Å²) in [6, 6.07) is 7.53. The predicted octanol–water partition coefficient (Wildman–Crippen LogP) is 2.99. The molecule has 0 aliphatic heterocycles. The first-order valence-corrected chi connectivity index (χ1v) is 7.00. The molecule has 0 spiro atoms. The third-order valence-electron chi connectivity index (χ3n) is 2.18. The summed E-state index contributed by atoms with van der Waals surface area (Å²) in [5.41, 5.74) is 0.693. The molecule has 17 heavy (non-hydrogen) atoms. The highest BCUT2D eigenvalue weighted by molar-refractivity contribution is 14.1. The zero-order valence-electron chi connectivity index (χ0n) is 9.24. The number of amides is 1. The van der Waals surface area contributed by atoms with Gasteiger partial charge in [-0.05, 0) is 47.7 Å². The van der Waals surface area contributed by atoms with Gasteiger partial charge in [-0.1, -0.05) is 6.07 Å². The summed E-state index contributed by atoms with van der Waals surface area (Å²) in [5.74, 6) is -0.0467. The highest BCUT2D eigenvalue weighted by atomic mass is 127. The Kier molecular flexibility index (Phi) is 4.11. The quantitative estimate of drug-likeness (QED) is 0.858. The maximum Gasteiger partial charge on any atom is 0.251 e. The molecule has 1 heterocycles. The van der Waals surface area contributed by atoms with E-state index in [0.717, 1.165) is 13.5 Å². The number of nitrogens with zero attached hydrogens (tertiary/aromatic N) is 1. The summed E-state index contributed by atoms with van der Waals surface area (Å²) < 4.78 is 1.06. The van der Waals surface area contributed by atoms with Crippen LogP contribution in [0.2, 0.25) is 0 Å². The number of hydrogen-bond donors (Lipinski definition) is 1. The molecule has 5 heteroatoms. The normalized spacial score (nSPS) is 10.2. The minimum atomic E-state index is -0.0467. The standard InChI is InChI=1S/C12H11IN2OS/c1-8-14-6-11(17-8)7-15-12(16)9-3-2-4-10(13)5-9/h2-6H,7H2,1H3,(H,15,16). The van der Waals surface area contributed by atoms with Gasteiger partial charge in [-0.25, -0.2) is 4.98 Å². The lowest BCUT2D eigenvalue weighted by molar-refractivity contribution is 0.0951. The van der Waals surface area contributed by atoms with Gasteiger partial charge in [0.1, 0.15) is 0 Å². The first-order valence-electron chi connectivity index (χ1n) is 5.10. The number of carbonyl (C=O) groups is 1. The van der Waals surface area contributed by atoms with Gasteiger partial charge in [-0.3, -0.25) is 4.79 Å². The molecule has 1 aromatic heterocycles. The van der Waals surface area contributed by atoms with Crippen molar-refractivity contribution in [3.63, 3.8) is 0 Å². The number of benzene rings is 1. The van der Waals surface area contributed by atoms with Crippen molar-refractivity contribution in [1.82, 2.24) is 10.3 Å². The Morgan fingerprint density at radius 2 is 2.35 bits per heavy atom. The van der Waals surface area contributed by atoms with E-state index in [1.54, 1.807) is 17.5 Å². The maximum atomic E-state index is 11.8. The van der Waals surface area contributed by atoms with E-state index in [-0.39, 0.29) is 5.91 Å². The van der Waals surface area contributed by atoms with Crippen LogP contribution in [0.1, 0.15) is 20.2 Å². The number of hydrogen-bond acceptors (Lipinski definition) is 3. The third-order valence-corrected chi connectivity index (χ3v) is 3.76. The smallest absolute Gasteiger partial charge is 0.251 e. The van der Waals surface area contributed by atoms with Crippen LogP contribution < -0.4 is 5.32 Å². The van der Waals surface area contributed by atoms with Crippen LogP contribution in [-0.4, -0.2) is 10.9 Å². The molecule has 0 aliphatic rings. The maximum absolute atomic E-state index is 11.8. The molecule has 3 nitrogen and oxygen atoms in total. The van der Waals surface area contributed by atoms with Crippen molar-refractivity contribution in [2.45, 2.75) is 13.5 Å². The van der Waals surface area contributed by atoms with Crippen LogP contribution in [0.15, 0.2) is 30.5 Å². The second-order valence-corrected chi connectivity index (χ2v) is 6.10. The number of thiazole rings is 1. The van der Waals surface area contributed by atoms with E-state index >= 15 is 0 Å².